The molecular weight excluding hydrogens is 338 g/mol. The van der Waals surface area contributed by atoms with E-state index >= 15 is 0 Å². The van der Waals surface area contributed by atoms with Gasteiger partial charge in [0.25, 0.3) is 0 Å². The van der Waals surface area contributed by atoms with Crippen molar-refractivity contribution < 1.29 is 23.9 Å². The van der Waals surface area contributed by atoms with Gasteiger partial charge in [0, 0.05) is 25.1 Å². The monoisotopic (exact) mass is 363 g/mol. The molecule has 26 heavy (non-hydrogen) atoms. The summed E-state index contributed by atoms with van der Waals surface area (Å²) in [5.74, 6) is -1.55. The second kappa shape index (κ2) is 6.74. The van der Waals surface area contributed by atoms with E-state index in [0.29, 0.717) is 31.6 Å². The van der Waals surface area contributed by atoms with Crippen molar-refractivity contribution in [3.8, 4) is 0 Å². The van der Waals surface area contributed by atoms with Crippen LogP contribution in [0.1, 0.15) is 55.9 Å². The number of hydrogen-bond donors (Lipinski definition) is 0. The summed E-state index contributed by atoms with van der Waals surface area (Å²) >= 11 is 0. The van der Waals surface area contributed by atoms with Crippen LogP contribution in [0.25, 0.3) is 0 Å². The first kappa shape index (κ1) is 18.4. The molecule has 1 aromatic heterocycles. The molecule has 1 amide bonds. The van der Waals surface area contributed by atoms with Gasteiger partial charge in [-0.05, 0) is 34.1 Å². The largest absolute Gasteiger partial charge is 0.465 e. The van der Waals surface area contributed by atoms with Crippen LogP contribution >= 0.6 is 0 Å². The van der Waals surface area contributed by atoms with Crippen LogP contribution in [-0.4, -0.2) is 51.3 Å². The van der Waals surface area contributed by atoms with Gasteiger partial charge in [-0.15, -0.1) is 0 Å². The van der Waals surface area contributed by atoms with E-state index in [1.54, 1.807) is 16.5 Å². The molecule has 0 N–H and O–H groups in total. The van der Waals surface area contributed by atoms with Crippen molar-refractivity contribution in [3.05, 3.63) is 17.0 Å². The number of fused-ring (bicyclic) bond motifs is 3. The minimum atomic E-state index is -0.792. The number of carbonyl (C=O) groups is 3. The topological polar surface area (TPSA) is 90.7 Å². The van der Waals surface area contributed by atoms with Gasteiger partial charge >= 0.3 is 12.1 Å². The normalized spacial score (nSPS) is 19.6. The van der Waals surface area contributed by atoms with Gasteiger partial charge in [-0.25, -0.2) is 4.79 Å². The van der Waals surface area contributed by atoms with Gasteiger partial charge in [-0.3, -0.25) is 14.3 Å². The number of nitrogens with zero attached hydrogens (tertiary/aromatic N) is 3. The third kappa shape index (κ3) is 3.45. The van der Waals surface area contributed by atoms with Gasteiger partial charge in [-0.2, -0.15) is 5.10 Å². The molecule has 8 nitrogen and oxygen atoms in total. The molecule has 0 aromatic carbocycles. The average Bonchev–Trinajstić information content (AvgIpc) is 2.92. The van der Waals surface area contributed by atoms with Gasteiger partial charge in [0.15, 0.2) is 5.78 Å². The fraction of sp³-hybridized carbons (Fsp3) is 0.667. The van der Waals surface area contributed by atoms with E-state index in [2.05, 4.69) is 5.10 Å². The Bertz CT molecular complexity index is 747. The fourth-order valence-electron chi connectivity index (χ4n) is 3.36. The van der Waals surface area contributed by atoms with Crippen LogP contribution in [0.4, 0.5) is 4.79 Å². The van der Waals surface area contributed by atoms with Crippen molar-refractivity contribution in [3.63, 3.8) is 0 Å². The first-order valence-corrected chi connectivity index (χ1v) is 8.98. The Hall–Kier alpha value is -2.38. The van der Waals surface area contributed by atoms with E-state index in [-0.39, 0.29) is 18.9 Å². The molecule has 2 aliphatic heterocycles. The lowest BCUT2D eigenvalue weighted by Gasteiger charge is -2.30. The molecule has 2 aliphatic rings. The second-order valence-electron chi connectivity index (χ2n) is 7.61. The Labute approximate surface area is 152 Å². The molecule has 0 spiro atoms. The second-order valence-corrected chi connectivity index (χ2v) is 7.61. The smallest absolute Gasteiger partial charge is 0.410 e. The molecule has 0 saturated carbocycles. The highest BCUT2D eigenvalue weighted by Gasteiger charge is 2.40. The quantitative estimate of drug-likeness (QED) is 0.589. The summed E-state index contributed by atoms with van der Waals surface area (Å²) in [5, 5.41) is 4.51. The van der Waals surface area contributed by atoms with Crippen LogP contribution in [0, 0.1) is 5.92 Å². The summed E-state index contributed by atoms with van der Waals surface area (Å²) in [6.07, 6.45) is 0.542. The van der Waals surface area contributed by atoms with Crippen molar-refractivity contribution in [1.82, 2.24) is 14.7 Å². The molecule has 3 heterocycles. The van der Waals surface area contributed by atoms with E-state index in [1.165, 1.54) is 0 Å². The first-order chi connectivity index (χ1) is 12.2. The molecular formula is C18H25N3O5. The molecule has 3 rings (SSSR count). The number of ketones is 1. The molecule has 8 heteroatoms. The summed E-state index contributed by atoms with van der Waals surface area (Å²) in [7, 11) is 0. The van der Waals surface area contributed by atoms with Gasteiger partial charge in [0.2, 0.25) is 0 Å². The maximum Gasteiger partial charge on any atom is 0.410 e. The maximum atomic E-state index is 12.9. The molecule has 0 bridgehead atoms. The van der Waals surface area contributed by atoms with Crippen LogP contribution in [0.3, 0.4) is 0 Å². The third-order valence-electron chi connectivity index (χ3n) is 4.50. The van der Waals surface area contributed by atoms with Gasteiger partial charge < -0.3 is 14.4 Å². The fourth-order valence-corrected chi connectivity index (χ4v) is 3.36. The number of rotatable bonds is 2. The van der Waals surface area contributed by atoms with Crippen molar-refractivity contribution in [2.75, 3.05) is 13.2 Å². The van der Waals surface area contributed by atoms with Gasteiger partial charge in [-0.1, -0.05) is 0 Å². The van der Waals surface area contributed by atoms with Crippen LogP contribution in [0.2, 0.25) is 0 Å². The van der Waals surface area contributed by atoms with Crippen molar-refractivity contribution in [1.29, 1.82) is 0 Å². The Morgan fingerprint density at radius 3 is 2.65 bits per heavy atom. The number of aryl methyl sites for hydroxylation is 1. The lowest BCUT2D eigenvalue weighted by Crippen LogP contribution is -2.40. The van der Waals surface area contributed by atoms with Gasteiger partial charge in [0.05, 0.1) is 18.8 Å². The molecule has 0 fully saturated rings. The lowest BCUT2D eigenvalue weighted by atomic mass is 9.91. The minimum Gasteiger partial charge on any atom is -0.465 e. The van der Waals surface area contributed by atoms with Crippen LogP contribution in [0.5, 0.6) is 0 Å². The highest BCUT2D eigenvalue weighted by Crippen LogP contribution is 2.30. The Morgan fingerprint density at radius 1 is 1.27 bits per heavy atom. The molecule has 0 saturated heterocycles. The maximum absolute atomic E-state index is 12.9. The zero-order chi connectivity index (χ0) is 19.1. The van der Waals surface area contributed by atoms with Gasteiger partial charge in [0.1, 0.15) is 17.2 Å². The first-order valence-electron chi connectivity index (χ1n) is 8.98. The lowest BCUT2D eigenvalue weighted by molar-refractivity contribution is -0.146. The van der Waals surface area contributed by atoms with E-state index in [1.807, 2.05) is 20.8 Å². The highest BCUT2D eigenvalue weighted by atomic mass is 16.6. The third-order valence-corrected chi connectivity index (χ3v) is 4.50. The zero-order valence-electron chi connectivity index (χ0n) is 15.7. The summed E-state index contributed by atoms with van der Waals surface area (Å²) in [5.41, 5.74) is 1.39. The summed E-state index contributed by atoms with van der Waals surface area (Å²) < 4.78 is 12.1. The van der Waals surface area contributed by atoms with Crippen LogP contribution in [-0.2, 0) is 33.8 Å². The van der Waals surface area contributed by atoms with Crippen molar-refractivity contribution in [2.24, 2.45) is 5.92 Å². The summed E-state index contributed by atoms with van der Waals surface area (Å²) in [4.78, 5) is 38.9. The Morgan fingerprint density at radius 2 is 2.00 bits per heavy atom. The predicted molar refractivity (Wildman–Crippen MR) is 91.6 cm³/mol. The average molecular weight is 363 g/mol. The number of esters is 1. The molecule has 1 unspecified atom stereocenters. The number of carbonyl (C=O) groups excluding carboxylic acids is 3. The zero-order valence-corrected chi connectivity index (χ0v) is 15.7. The number of aromatic nitrogens is 2. The number of amides is 1. The Kier molecular flexibility index (Phi) is 4.77. The molecule has 1 atom stereocenters. The van der Waals surface area contributed by atoms with E-state index in [4.69, 9.17) is 9.47 Å². The predicted octanol–water partition coefficient (Wildman–Crippen LogP) is 1.94. The summed E-state index contributed by atoms with van der Waals surface area (Å²) in [6.45, 7) is 8.65. The standard InChI is InChI=1S/C18H25N3O5/c1-5-25-16(23)11-6-9-21-14(15(11)22)12-10-20(8-7-13(12)19-21)17(24)26-18(2,3)4/h11H,5-10H2,1-4H3. The van der Waals surface area contributed by atoms with Crippen molar-refractivity contribution in [2.45, 2.75) is 59.2 Å². The van der Waals surface area contributed by atoms with Crippen molar-refractivity contribution >= 4 is 17.8 Å². The molecule has 0 radical (unpaired) electrons. The van der Waals surface area contributed by atoms with Crippen LogP contribution in [0.15, 0.2) is 0 Å². The number of hydrogen-bond acceptors (Lipinski definition) is 6. The SMILES string of the molecule is CCOC(=O)C1CCn2nc3c(c2C1=O)CN(C(=O)OC(C)(C)C)CC3. The molecule has 142 valence electrons. The van der Waals surface area contributed by atoms with E-state index < -0.39 is 23.6 Å². The van der Waals surface area contributed by atoms with Crippen LogP contribution < -0.4 is 0 Å². The van der Waals surface area contributed by atoms with E-state index in [0.717, 1.165) is 11.3 Å². The molecule has 1 aromatic rings. The Balaban J connectivity index is 1.84. The number of ether oxygens (including phenoxy) is 2. The number of Topliss-reactive ketones (excluding diaryl/α,β-unsaturated/α-hetero) is 1. The highest BCUT2D eigenvalue weighted by molar-refractivity contribution is 6.09. The summed E-state index contributed by atoms with van der Waals surface area (Å²) in [6, 6.07) is 0. The minimum absolute atomic E-state index is 0.242. The van der Waals surface area contributed by atoms with E-state index in [9.17, 15) is 14.4 Å². The molecule has 0 aliphatic carbocycles.